The van der Waals surface area contributed by atoms with Gasteiger partial charge < -0.3 is 10.4 Å². The van der Waals surface area contributed by atoms with Crippen molar-refractivity contribution in [2.75, 3.05) is 18.5 Å². The Hall–Kier alpha value is -1.14. The van der Waals surface area contributed by atoms with E-state index >= 15 is 0 Å². The number of benzene rings is 1. The van der Waals surface area contributed by atoms with Crippen LogP contribution in [0.25, 0.3) is 0 Å². The van der Waals surface area contributed by atoms with E-state index in [9.17, 15) is 10.1 Å². The first kappa shape index (κ1) is 15.9. The molecule has 2 N–H and O–H groups in total. The monoisotopic (exact) mass is 330 g/mol. The zero-order valence-electron chi connectivity index (χ0n) is 10.9. The van der Waals surface area contributed by atoms with Gasteiger partial charge in [0.15, 0.2) is 0 Å². The highest BCUT2D eigenvalue weighted by Crippen LogP contribution is 2.28. The lowest BCUT2D eigenvalue weighted by molar-refractivity contribution is -0.384. The third-order valence-corrected chi connectivity index (χ3v) is 3.46. The van der Waals surface area contributed by atoms with Gasteiger partial charge in [-0.25, -0.2) is 0 Å². The van der Waals surface area contributed by atoms with Crippen LogP contribution in [0.15, 0.2) is 22.7 Å². The molecular formula is C13H19BrN2O3. The van der Waals surface area contributed by atoms with Crippen LogP contribution in [0.5, 0.6) is 0 Å². The van der Waals surface area contributed by atoms with Crippen molar-refractivity contribution >= 4 is 27.3 Å². The predicted molar refractivity (Wildman–Crippen MR) is 79.4 cm³/mol. The number of nitrogens with one attached hydrogen (secondary N) is 1. The van der Waals surface area contributed by atoms with Crippen LogP contribution >= 0.6 is 15.9 Å². The lowest BCUT2D eigenvalue weighted by atomic mass is 10.00. The summed E-state index contributed by atoms with van der Waals surface area (Å²) in [6, 6.07) is 4.84. The average molecular weight is 331 g/mol. The summed E-state index contributed by atoms with van der Waals surface area (Å²) >= 11 is 3.31. The van der Waals surface area contributed by atoms with Crippen molar-refractivity contribution < 1.29 is 10.0 Å². The molecule has 0 fully saturated rings. The summed E-state index contributed by atoms with van der Waals surface area (Å²) in [4.78, 5) is 10.5. The van der Waals surface area contributed by atoms with Gasteiger partial charge in [-0.15, -0.1) is 0 Å². The number of hydrogen-bond acceptors (Lipinski definition) is 4. The maximum absolute atomic E-state index is 10.9. The van der Waals surface area contributed by atoms with E-state index in [0.717, 1.165) is 17.3 Å². The van der Waals surface area contributed by atoms with E-state index in [2.05, 4.69) is 28.2 Å². The van der Waals surface area contributed by atoms with Crippen molar-refractivity contribution in [1.29, 1.82) is 0 Å². The third-order valence-electron chi connectivity index (χ3n) is 2.97. The fourth-order valence-corrected chi connectivity index (χ4v) is 2.36. The Kier molecular flexibility index (Phi) is 6.80. The minimum absolute atomic E-state index is 0.0717. The van der Waals surface area contributed by atoms with Crippen LogP contribution in [-0.2, 0) is 0 Å². The summed E-state index contributed by atoms with van der Waals surface area (Å²) in [5.41, 5.74) is 0.584. The molecule has 0 radical (unpaired) electrons. The molecule has 1 rings (SSSR count). The Morgan fingerprint density at radius 2 is 2.21 bits per heavy atom. The van der Waals surface area contributed by atoms with Crippen molar-refractivity contribution in [2.24, 2.45) is 5.92 Å². The van der Waals surface area contributed by atoms with Gasteiger partial charge in [-0.2, -0.15) is 0 Å². The summed E-state index contributed by atoms with van der Waals surface area (Å²) in [5, 5.41) is 23.1. The predicted octanol–water partition coefficient (Wildman–Crippen LogP) is 3.57. The highest BCUT2D eigenvalue weighted by molar-refractivity contribution is 9.10. The molecule has 0 amide bonds. The van der Waals surface area contributed by atoms with E-state index in [-0.39, 0.29) is 12.3 Å². The molecule has 1 aromatic carbocycles. The van der Waals surface area contributed by atoms with Gasteiger partial charge in [0.2, 0.25) is 0 Å². The van der Waals surface area contributed by atoms with Crippen LogP contribution < -0.4 is 5.32 Å². The van der Waals surface area contributed by atoms with Gasteiger partial charge in [-0.1, -0.05) is 29.3 Å². The number of nitrogens with zero attached hydrogens (tertiary/aromatic N) is 1. The maximum Gasteiger partial charge on any atom is 0.292 e. The van der Waals surface area contributed by atoms with E-state index in [1.807, 2.05) is 0 Å². The zero-order valence-corrected chi connectivity index (χ0v) is 12.5. The van der Waals surface area contributed by atoms with E-state index in [4.69, 9.17) is 5.11 Å². The molecule has 1 aromatic rings. The molecule has 19 heavy (non-hydrogen) atoms. The van der Waals surface area contributed by atoms with Crippen LogP contribution in [0.1, 0.15) is 26.2 Å². The fourth-order valence-electron chi connectivity index (χ4n) is 2.00. The van der Waals surface area contributed by atoms with Gasteiger partial charge in [0.1, 0.15) is 5.69 Å². The molecule has 106 valence electrons. The molecule has 1 atom stereocenters. The van der Waals surface area contributed by atoms with Crippen molar-refractivity contribution in [3.63, 3.8) is 0 Å². The van der Waals surface area contributed by atoms with Crippen LogP contribution in [0.3, 0.4) is 0 Å². The Morgan fingerprint density at radius 1 is 1.47 bits per heavy atom. The molecule has 0 saturated heterocycles. The lowest BCUT2D eigenvalue weighted by Crippen LogP contribution is -2.16. The van der Waals surface area contributed by atoms with Crippen LogP contribution in [-0.4, -0.2) is 23.2 Å². The van der Waals surface area contributed by atoms with Crippen molar-refractivity contribution in [2.45, 2.75) is 26.2 Å². The Bertz CT molecular complexity index is 420. The molecule has 1 unspecified atom stereocenters. The van der Waals surface area contributed by atoms with Crippen molar-refractivity contribution in [3.05, 3.63) is 32.8 Å². The maximum atomic E-state index is 10.9. The minimum atomic E-state index is -0.393. The smallest absolute Gasteiger partial charge is 0.292 e. The standard InChI is InChI=1S/C13H19BrN2O3/c1-2-3-10(6-7-17)9-15-12-8-11(14)4-5-13(12)16(18)19/h4-5,8,10,15,17H,2-3,6-7,9H2,1H3. The first-order valence-corrected chi connectivity index (χ1v) is 7.16. The summed E-state index contributed by atoms with van der Waals surface area (Å²) in [6.45, 7) is 2.87. The van der Waals surface area contributed by atoms with E-state index in [1.54, 1.807) is 12.1 Å². The molecule has 0 aliphatic heterocycles. The van der Waals surface area contributed by atoms with Gasteiger partial charge >= 0.3 is 0 Å². The molecule has 0 heterocycles. The highest BCUT2D eigenvalue weighted by Gasteiger charge is 2.15. The molecule has 0 aliphatic rings. The largest absolute Gasteiger partial charge is 0.396 e. The molecule has 0 saturated carbocycles. The average Bonchev–Trinajstić information content (AvgIpc) is 2.36. The number of aliphatic hydroxyl groups excluding tert-OH is 1. The first-order chi connectivity index (χ1) is 9.08. The summed E-state index contributed by atoms with van der Waals surface area (Å²) < 4.78 is 0.801. The molecule has 5 nitrogen and oxygen atoms in total. The van der Waals surface area contributed by atoms with Gasteiger partial charge in [-0.05, 0) is 30.9 Å². The molecule has 0 aliphatic carbocycles. The van der Waals surface area contributed by atoms with Crippen molar-refractivity contribution in [1.82, 2.24) is 0 Å². The number of rotatable bonds is 8. The van der Waals surface area contributed by atoms with Crippen LogP contribution in [0.4, 0.5) is 11.4 Å². The minimum Gasteiger partial charge on any atom is -0.396 e. The lowest BCUT2D eigenvalue weighted by Gasteiger charge is -2.16. The number of halogens is 1. The molecular weight excluding hydrogens is 312 g/mol. The van der Waals surface area contributed by atoms with Crippen LogP contribution in [0, 0.1) is 16.0 Å². The van der Waals surface area contributed by atoms with Crippen molar-refractivity contribution in [3.8, 4) is 0 Å². The van der Waals surface area contributed by atoms with Crippen LogP contribution in [0.2, 0.25) is 0 Å². The molecule has 0 spiro atoms. The topological polar surface area (TPSA) is 75.4 Å². The highest BCUT2D eigenvalue weighted by atomic mass is 79.9. The number of nitro groups is 1. The Labute approximate surface area is 121 Å². The molecule has 6 heteroatoms. The second-order valence-electron chi connectivity index (χ2n) is 4.47. The number of nitro benzene ring substituents is 1. The van der Waals surface area contributed by atoms with Gasteiger partial charge in [0.05, 0.1) is 4.92 Å². The fraction of sp³-hybridized carbons (Fsp3) is 0.538. The molecule has 0 bridgehead atoms. The van der Waals surface area contributed by atoms with Gasteiger partial charge in [0, 0.05) is 23.7 Å². The zero-order chi connectivity index (χ0) is 14.3. The number of hydrogen-bond donors (Lipinski definition) is 2. The SMILES string of the molecule is CCCC(CCO)CNc1cc(Br)ccc1[N+](=O)[O-]. The second kappa shape index (κ2) is 8.12. The Morgan fingerprint density at radius 3 is 2.79 bits per heavy atom. The number of anilines is 1. The number of aliphatic hydroxyl groups is 1. The molecule has 0 aromatic heterocycles. The van der Waals surface area contributed by atoms with E-state index < -0.39 is 4.92 Å². The van der Waals surface area contributed by atoms with E-state index in [0.29, 0.717) is 24.6 Å². The normalized spacial score (nSPS) is 12.2. The van der Waals surface area contributed by atoms with Gasteiger partial charge in [0.25, 0.3) is 5.69 Å². The van der Waals surface area contributed by atoms with Gasteiger partial charge in [-0.3, -0.25) is 10.1 Å². The quantitative estimate of drug-likeness (QED) is 0.564. The third kappa shape index (κ3) is 5.16. The first-order valence-electron chi connectivity index (χ1n) is 6.37. The summed E-state index contributed by atoms with van der Waals surface area (Å²) in [5.74, 6) is 0.327. The summed E-state index contributed by atoms with van der Waals surface area (Å²) in [6.07, 6.45) is 2.74. The summed E-state index contributed by atoms with van der Waals surface area (Å²) in [7, 11) is 0. The van der Waals surface area contributed by atoms with E-state index in [1.165, 1.54) is 6.07 Å². The Balaban J connectivity index is 2.74. The second-order valence-corrected chi connectivity index (χ2v) is 5.38.